The minimum Gasteiger partial charge on any atom is -0.464 e. The van der Waals surface area contributed by atoms with Gasteiger partial charge in [0.25, 0.3) is 0 Å². The average Bonchev–Trinajstić information content (AvgIpc) is 3.28. The molecule has 2 fully saturated rings. The van der Waals surface area contributed by atoms with E-state index in [0.29, 0.717) is 30.6 Å². The van der Waals surface area contributed by atoms with Crippen LogP contribution in [0.3, 0.4) is 0 Å². The van der Waals surface area contributed by atoms with Crippen LogP contribution in [0.4, 0.5) is 11.9 Å². The fourth-order valence-electron chi connectivity index (χ4n) is 2.53. The summed E-state index contributed by atoms with van der Waals surface area (Å²) in [6.07, 6.45) is 5.32. The van der Waals surface area contributed by atoms with Crippen molar-refractivity contribution in [1.29, 1.82) is 0 Å². The van der Waals surface area contributed by atoms with Gasteiger partial charge in [0.1, 0.15) is 0 Å². The van der Waals surface area contributed by atoms with Crippen molar-refractivity contribution in [3.05, 3.63) is 0 Å². The molecule has 1 aromatic heterocycles. The van der Waals surface area contributed by atoms with Crippen molar-refractivity contribution in [2.45, 2.75) is 45.6 Å². The van der Waals surface area contributed by atoms with E-state index in [1.807, 2.05) is 13.8 Å². The number of rotatable bonds is 8. The van der Waals surface area contributed by atoms with E-state index in [-0.39, 0.29) is 0 Å². The lowest BCUT2D eigenvalue weighted by atomic mass is 10.1. The van der Waals surface area contributed by atoms with E-state index in [0.717, 1.165) is 18.4 Å². The molecule has 1 aromatic rings. The van der Waals surface area contributed by atoms with Crippen LogP contribution in [-0.2, 0) is 0 Å². The molecule has 0 radical (unpaired) electrons. The Morgan fingerprint density at radius 3 is 2.25 bits per heavy atom. The van der Waals surface area contributed by atoms with Crippen LogP contribution in [0.2, 0.25) is 0 Å². The van der Waals surface area contributed by atoms with Gasteiger partial charge < -0.3 is 15.4 Å². The zero-order chi connectivity index (χ0) is 13.9. The molecule has 6 heteroatoms. The number of hydrogen-bond acceptors (Lipinski definition) is 6. The van der Waals surface area contributed by atoms with Gasteiger partial charge in [-0.25, -0.2) is 0 Å². The van der Waals surface area contributed by atoms with Gasteiger partial charge >= 0.3 is 6.01 Å². The van der Waals surface area contributed by atoms with Crippen LogP contribution in [0.1, 0.15) is 39.5 Å². The van der Waals surface area contributed by atoms with Gasteiger partial charge in [-0.3, -0.25) is 0 Å². The summed E-state index contributed by atoms with van der Waals surface area (Å²) in [7, 11) is 0. The highest BCUT2D eigenvalue weighted by molar-refractivity contribution is 5.37. The molecular weight excluding hydrogens is 254 g/mol. The first kappa shape index (κ1) is 13.4. The van der Waals surface area contributed by atoms with Crippen LogP contribution < -0.4 is 15.4 Å². The second kappa shape index (κ2) is 5.81. The van der Waals surface area contributed by atoms with Crippen LogP contribution in [0.25, 0.3) is 0 Å². The number of hydrogen-bond donors (Lipinski definition) is 2. The lowest BCUT2D eigenvalue weighted by Gasteiger charge is -2.18. The normalized spacial score (nSPS) is 18.1. The van der Waals surface area contributed by atoms with E-state index in [4.69, 9.17) is 4.74 Å². The molecule has 6 nitrogen and oxygen atoms in total. The van der Waals surface area contributed by atoms with Gasteiger partial charge in [0.15, 0.2) is 0 Å². The molecule has 0 unspecified atom stereocenters. The first-order chi connectivity index (χ1) is 9.80. The van der Waals surface area contributed by atoms with Gasteiger partial charge in [0.2, 0.25) is 11.9 Å². The number of anilines is 2. The number of nitrogens with one attached hydrogen (secondary N) is 2. The Kier molecular flexibility index (Phi) is 3.89. The largest absolute Gasteiger partial charge is 0.464 e. The molecule has 2 aliphatic carbocycles. The molecule has 2 saturated carbocycles. The van der Waals surface area contributed by atoms with Gasteiger partial charge in [-0.15, -0.1) is 0 Å². The van der Waals surface area contributed by atoms with E-state index in [1.54, 1.807) is 0 Å². The predicted octanol–water partition coefficient (Wildman–Crippen LogP) is 2.30. The zero-order valence-corrected chi connectivity index (χ0v) is 12.2. The fourth-order valence-corrected chi connectivity index (χ4v) is 2.53. The third-order valence-electron chi connectivity index (χ3n) is 3.78. The Balaban J connectivity index is 1.75. The quantitative estimate of drug-likeness (QED) is 0.759. The molecule has 3 rings (SSSR count). The van der Waals surface area contributed by atoms with Gasteiger partial charge in [0, 0.05) is 12.6 Å². The molecule has 20 heavy (non-hydrogen) atoms. The summed E-state index contributed by atoms with van der Waals surface area (Å²) in [5.74, 6) is 2.83. The molecule has 1 heterocycles. The Morgan fingerprint density at radius 2 is 1.70 bits per heavy atom. The highest BCUT2D eigenvalue weighted by Gasteiger charge is 2.41. The Bertz CT molecular complexity index is 423. The number of nitrogens with zero attached hydrogens (tertiary/aromatic N) is 3. The summed E-state index contributed by atoms with van der Waals surface area (Å²) in [6.45, 7) is 5.29. The standard InChI is InChI=1S/C14H23N5O/c1-3-15-12-17-13(19-14(18-12)20-4-2)16-11(9-5-6-9)10-7-8-10/h9-11H,3-8H2,1-2H3,(H2,15,16,17,18,19). The van der Waals surface area contributed by atoms with Gasteiger partial charge in [-0.05, 0) is 51.4 Å². The van der Waals surface area contributed by atoms with Crippen LogP contribution >= 0.6 is 0 Å². The van der Waals surface area contributed by atoms with E-state index >= 15 is 0 Å². The van der Waals surface area contributed by atoms with Crippen molar-refractivity contribution in [2.24, 2.45) is 11.8 Å². The lowest BCUT2D eigenvalue weighted by molar-refractivity contribution is 0.312. The third-order valence-corrected chi connectivity index (χ3v) is 3.78. The zero-order valence-electron chi connectivity index (χ0n) is 12.2. The van der Waals surface area contributed by atoms with Crippen molar-refractivity contribution in [1.82, 2.24) is 15.0 Å². The minimum absolute atomic E-state index is 0.395. The summed E-state index contributed by atoms with van der Waals surface area (Å²) in [6, 6.07) is 0.924. The smallest absolute Gasteiger partial charge is 0.323 e. The maximum Gasteiger partial charge on any atom is 0.323 e. The van der Waals surface area contributed by atoms with Crippen LogP contribution in [-0.4, -0.2) is 34.1 Å². The number of aromatic nitrogens is 3. The summed E-state index contributed by atoms with van der Waals surface area (Å²) in [5.41, 5.74) is 0. The van der Waals surface area contributed by atoms with Crippen molar-refractivity contribution < 1.29 is 4.74 Å². The van der Waals surface area contributed by atoms with Crippen LogP contribution in [0, 0.1) is 11.8 Å². The predicted molar refractivity (Wildman–Crippen MR) is 78.0 cm³/mol. The highest BCUT2D eigenvalue weighted by atomic mass is 16.5. The fraction of sp³-hybridized carbons (Fsp3) is 0.786. The van der Waals surface area contributed by atoms with Gasteiger partial charge in [-0.1, -0.05) is 0 Å². The van der Waals surface area contributed by atoms with E-state index < -0.39 is 0 Å². The molecule has 0 amide bonds. The van der Waals surface area contributed by atoms with Crippen molar-refractivity contribution in [2.75, 3.05) is 23.8 Å². The average molecular weight is 277 g/mol. The van der Waals surface area contributed by atoms with Crippen molar-refractivity contribution >= 4 is 11.9 Å². The molecule has 0 aromatic carbocycles. The maximum absolute atomic E-state index is 5.43. The van der Waals surface area contributed by atoms with Gasteiger partial charge in [-0.2, -0.15) is 15.0 Å². The third kappa shape index (κ3) is 3.29. The number of ether oxygens (including phenoxy) is 1. The minimum atomic E-state index is 0.395. The lowest BCUT2D eigenvalue weighted by Crippen LogP contribution is -2.26. The molecule has 2 aliphatic rings. The summed E-state index contributed by atoms with van der Waals surface area (Å²) >= 11 is 0. The molecule has 0 spiro atoms. The SMILES string of the molecule is CCNc1nc(NC(C2CC2)C2CC2)nc(OCC)n1. The van der Waals surface area contributed by atoms with Crippen molar-refractivity contribution in [3.63, 3.8) is 0 Å². The summed E-state index contributed by atoms with van der Waals surface area (Å²) in [5, 5.41) is 6.65. The van der Waals surface area contributed by atoms with Crippen LogP contribution in [0.15, 0.2) is 0 Å². The topological polar surface area (TPSA) is 72.0 Å². The second-order valence-electron chi connectivity index (χ2n) is 5.57. The Morgan fingerprint density at radius 1 is 1.05 bits per heavy atom. The van der Waals surface area contributed by atoms with Crippen molar-refractivity contribution in [3.8, 4) is 6.01 Å². The monoisotopic (exact) mass is 277 g/mol. The molecule has 0 saturated heterocycles. The molecular formula is C14H23N5O. The molecule has 0 aliphatic heterocycles. The molecule has 0 atom stereocenters. The highest BCUT2D eigenvalue weighted by Crippen LogP contribution is 2.45. The van der Waals surface area contributed by atoms with Crippen LogP contribution in [0.5, 0.6) is 6.01 Å². The molecule has 0 bridgehead atoms. The van der Waals surface area contributed by atoms with E-state index in [1.165, 1.54) is 25.7 Å². The summed E-state index contributed by atoms with van der Waals surface area (Å²) < 4.78 is 5.43. The maximum atomic E-state index is 5.43. The van der Waals surface area contributed by atoms with E-state index in [2.05, 4.69) is 25.6 Å². The second-order valence-corrected chi connectivity index (χ2v) is 5.57. The Hall–Kier alpha value is -1.59. The first-order valence-corrected chi connectivity index (χ1v) is 7.69. The summed E-state index contributed by atoms with van der Waals surface area (Å²) in [4.78, 5) is 13.1. The van der Waals surface area contributed by atoms with Gasteiger partial charge in [0.05, 0.1) is 6.61 Å². The van der Waals surface area contributed by atoms with E-state index in [9.17, 15) is 0 Å². The Labute approximate surface area is 119 Å². The first-order valence-electron chi connectivity index (χ1n) is 7.69. The molecule has 110 valence electrons. The molecule has 2 N–H and O–H groups in total.